The van der Waals surface area contributed by atoms with Crippen LogP contribution in [0, 0.1) is 5.82 Å². The highest BCUT2D eigenvalue weighted by Gasteiger charge is 2.52. The van der Waals surface area contributed by atoms with E-state index in [9.17, 15) is 23.6 Å². The van der Waals surface area contributed by atoms with Crippen LogP contribution in [0.1, 0.15) is 37.7 Å². The molecule has 0 aromatic heterocycles. The van der Waals surface area contributed by atoms with E-state index in [4.69, 9.17) is 4.74 Å². The first-order valence-corrected chi connectivity index (χ1v) is 9.71. The maximum absolute atomic E-state index is 13.5. The lowest BCUT2D eigenvalue weighted by Crippen LogP contribution is -2.44. The lowest BCUT2D eigenvalue weighted by atomic mass is 9.98. The Hall–Kier alpha value is -2.97. The Bertz CT molecular complexity index is 807. The van der Waals surface area contributed by atoms with Gasteiger partial charge in [0.1, 0.15) is 11.4 Å². The molecule has 2 N–H and O–H groups in total. The van der Waals surface area contributed by atoms with Gasteiger partial charge in [0, 0.05) is 13.1 Å². The van der Waals surface area contributed by atoms with E-state index in [-0.39, 0.29) is 31.2 Å². The SMILES string of the molecule is O=C(COC(=O)CCN1C(=O)NC2(CCCC2)C1=O)NCCc1ccccc1F. The molecule has 1 aromatic rings. The summed E-state index contributed by atoms with van der Waals surface area (Å²) >= 11 is 0. The number of benzene rings is 1. The van der Waals surface area contributed by atoms with Crippen molar-refractivity contribution in [3.63, 3.8) is 0 Å². The molecule has 0 unspecified atom stereocenters. The molecule has 1 spiro atoms. The maximum atomic E-state index is 13.5. The van der Waals surface area contributed by atoms with Crippen molar-refractivity contribution in [2.24, 2.45) is 0 Å². The summed E-state index contributed by atoms with van der Waals surface area (Å²) in [5, 5.41) is 5.28. The number of rotatable bonds is 8. The molecule has 8 nitrogen and oxygen atoms in total. The standard InChI is InChI=1S/C20H24FN3O5/c21-15-6-2-1-5-14(15)7-11-22-16(25)13-29-17(26)8-12-24-18(27)20(23-19(24)28)9-3-4-10-20/h1-2,5-6H,3-4,7-13H2,(H,22,25)(H,23,28). The van der Waals surface area contributed by atoms with Crippen LogP contribution in [0.15, 0.2) is 24.3 Å². The van der Waals surface area contributed by atoms with E-state index in [1.165, 1.54) is 6.07 Å². The highest BCUT2D eigenvalue weighted by atomic mass is 19.1. The van der Waals surface area contributed by atoms with Crippen molar-refractivity contribution in [3.8, 4) is 0 Å². The molecule has 2 fully saturated rings. The molecule has 4 amide bonds. The van der Waals surface area contributed by atoms with Crippen LogP contribution in [0.3, 0.4) is 0 Å². The van der Waals surface area contributed by atoms with E-state index in [1.54, 1.807) is 18.2 Å². The van der Waals surface area contributed by atoms with Gasteiger partial charge in [-0.25, -0.2) is 9.18 Å². The molecule has 0 bridgehead atoms. The number of carbonyl (C=O) groups is 4. The summed E-state index contributed by atoms with van der Waals surface area (Å²) in [4.78, 5) is 49.1. The van der Waals surface area contributed by atoms with Gasteiger partial charge in [0.2, 0.25) is 0 Å². The number of halogens is 1. The minimum atomic E-state index is -0.806. The summed E-state index contributed by atoms with van der Waals surface area (Å²) in [6.07, 6.45) is 3.14. The van der Waals surface area contributed by atoms with Crippen molar-refractivity contribution in [1.82, 2.24) is 15.5 Å². The molecule has 0 radical (unpaired) electrons. The zero-order valence-electron chi connectivity index (χ0n) is 16.0. The monoisotopic (exact) mass is 405 g/mol. The molecule has 1 saturated carbocycles. The van der Waals surface area contributed by atoms with Crippen molar-refractivity contribution in [1.29, 1.82) is 0 Å². The molecule has 156 valence electrons. The maximum Gasteiger partial charge on any atom is 0.325 e. The van der Waals surface area contributed by atoms with Gasteiger partial charge in [0.05, 0.1) is 6.42 Å². The zero-order chi connectivity index (χ0) is 20.9. The van der Waals surface area contributed by atoms with Crippen molar-refractivity contribution in [2.45, 2.75) is 44.1 Å². The highest BCUT2D eigenvalue weighted by Crippen LogP contribution is 2.35. The van der Waals surface area contributed by atoms with Gasteiger partial charge in [-0.05, 0) is 30.9 Å². The van der Waals surface area contributed by atoms with E-state index in [2.05, 4.69) is 10.6 Å². The van der Waals surface area contributed by atoms with E-state index in [1.807, 2.05) is 0 Å². The first kappa shape index (κ1) is 20.8. The van der Waals surface area contributed by atoms with Crippen LogP contribution >= 0.6 is 0 Å². The fourth-order valence-electron chi connectivity index (χ4n) is 3.71. The molecule has 3 rings (SSSR count). The molecular weight excluding hydrogens is 381 g/mol. The molecule has 29 heavy (non-hydrogen) atoms. The number of nitrogens with one attached hydrogen (secondary N) is 2. The Labute approximate surface area is 167 Å². The van der Waals surface area contributed by atoms with Crippen LogP contribution in [0.25, 0.3) is 0 Å². The first-order chi connectivity index (χ1) is 13.9. The number of carbonyl (C=O) groups excluding carboxylic acids is 4. The van der Waals surface area contributed by atoms with Gasteiger partial charge in [-0.1, -0.05) is 31.0 Å². The third-order valence-corrected chi connectivity index (χ3v) is 5.28. The summed E-state index contributed by atoms with van der Waals surface area (Å²) in [6, 6.07) is 5.79. The molecular formula is C20H24FN3O5. The van der Waals surface area contributed by atoms with Crippen LogP contribution in [-0.2, 0) is 25.5 Å². The smallest absolute Gasteiger partial charge is 0.325 e. The molecule has 9 heteroatoms. The summed E-state index contributed by atoms with van der Waals surface area (Å²) in [6.45, 7) is -0.345. The minimum absolute atomic E-state index is 0.0832. The Morgan fingerprint density at radius 3 is 2.66 bits per heavy atom. The van der Waals surface area contributed by atoms with E-state index < -0.39 is 30.1 Å². The Morgan fingerprint density at radius 1 is 1.21 bits per heavy atom. The van der Waals surface area contributed by atoms with E-state index in [0.29, 0.717) is 24.8 Å². The zero-order valence-corrected chi connectivity index (χ0v) is 16.0. The lowest BCUT2D eigenvalue weighted by molar-refractivity contribution is -0.149. The second-order valence-corrected chi connectivity index (χ2v) is 7.28. The molecule has 1 aliphatic carbocycles. The lowest BCUT2D eigenvalue weighted by Gasteiger charge is -2.19. The summed E-state index contributed by atoms with van der Waals surface area (Å²) in [7, 11) is 0. The quantitative estimate of drug-likeness (QED) is 0.501. The number of amides is 4. The van der Waals surface area contributed by atoms with Crippen molar-refractivity contribution >= 4 is 23.8 Å². The van der Waals surface area contributed by atoms with Crippen LogP contribution in [-0.4, -0.2) is 54.0 Å². The number of ether oxygens (including phenoxy) is 1. The highest BCUT2D eigenvalue weighted by molar-refractivity contribution is 6.07. The largest absolute Gasteiger partial charge is 0.456 e. The molecule has 1 aromatic carbocycles. The third kappa shape index (κ3) is 4.90. The average Bonchev–Trinajstić information content (AvgIpc) is 3.25. The van der Waals surface area contributed by atoms with Crippen molar-refractivity contribution < 1.29 is 28.3 Å². The fraction of sp³-hybridized carbons (Fsp3) is 0.500. The predicted molar refractivity (Wildman–Crippen MR) is 100 cm³/mol. The van der Waals surface area contributed by atoms with Gasteiger partial charge in [-0.3, -0.25) is 19.3 Å². The van der Waals surface area contributed by atoms with Gasteiger partial charge in [-0.2, -0.15) is 0 Å². The normalized spacial score (nSPS) is 17.5. The Balaban J connectivity index is 1.34. The molecule has 1 aliphatic heterocycles. The molecule has 1 saturated heterocycles. The summed E-state index contributed by atoms with van der Waals surface area (Å²) < 4.78 is 18.4. The van der Waals surface area contributed by atoms with Crippen molar-refractivity contribution in [3.05, 3.63) is 35.6 Å². The van der Waals surface area contributed by atoms with Crippen molar-refractivity contribution in [2.75, 3.05) is 19.7 Å². The minimum Gasteiger partial charge on any atom is -0.456 e. The number of hydrogen-bond donors (Lipinski definition) is 2. The first-order valence-electron chi connectivity index (χ1n) is 9.71. The second-order valence-electron chi connectivity index (χ2n) is 7.28. The van der Waals surface area contributed by atoms with Gasteiger partial charge in [0.15, 0.2) is 6.61 Å². The fourth-order valence-corrected chi connectivity index (χ4v) is 3.71. The number of esters is 1. The van der Waals surface area contributed by atoms with Crippen LogP contribution in [0.4, 0.5) is 9.18 Å². The van der Waals surface area contributed by atoms with Gasteiger partial charge in [-0.15, -0.1) is 0 Å². The predicted octanol–water partition coefficient (Wildman–Crippen LogP) is 1.28. The summed E-state index contributed by atoms with van der Waals surface area (Å²) in [5.41, 5.74) is -0.322. The molecule has 2 aliphatic rings. The summed E-state index contributed by atoms with van der Waals surface area (Å²) in [5.74, 6) is -1.82. The number of urea groups is 1. The van der Waals surface area contributed by atoms with E-state index in [0.717, 1.165) is 17.7 Å². The van der Waals surface area contributed by atoms with Gasteiger partial charge >= 0.3 is 12.0 Å². The Kier molecular flexibility index (Phi) is 6.46. The number of hydrogen-bond acceptors (Lipinski definition) is 5. The molecule has 0 atom stereocenters. The molecule has 1 heterocycles. The van der Waals surface area contributed by atoms with Gasteiger partial charge in [0.25, 0.3) is 11.8 Å². The van der Waals surface area contributed by atoms with E-state index >= 15 is 0 Å². The second kappa shape index (κ2) is 9.02. The number of imide groups is 1. The van der Waals surface area contributed by atoms with Gasteiger partial charge < -0.3 is 15.4 Å². The third-order valence-electron chi connectivity index (χ3n) is 5.28. The number of nitrogens with zero attached hydrogens (tertiary/aromatic N) is 1. The van der Waals surface area contributed by atoms with Crippen LogP contribution < -0.4 is 10.6 Å². The topological polar surface area (TPSA) is 105 Å². The Morgan fingerprint density at radius 2 is 1.93 bits per heavy atom. The van der Waals surface area contributed by atoms with Crippen LogP contribution in [0.2, 0.25) is 0 Å². The average molecular weight is 405 g/mol. The van der Waals surface area contributed by atoms with Crippen LogP contribution in [0.5, 0.6) is 0 Å².